The number of nitrogens with one attached hydrogen (secondary N) is 1. The molecule has 0 aliphatic heterocycles. The fourth-order valence-electron chi connectivity index (χ4n) is 3.72. The van der Waals surface area contributed by atoms with E-state index in [0.717, 1.165) is 17.4 Å². The summed E-state index contributed by atoms with van der Waals surface area (Å²) in [6.07, 6.45) is 2.64. The van der Waals surface area contributed by atoms with Crippen LogP contribution in [0.3, 0.4) is 0 Å². The Labute approximate surface area is 184 Å². The number of methoxy groups -OCH3 is 1. The zero-order chi connectivity index (χ0) is 23.0. The molecule has 0 atom stereocenters. The van der Waals surface area contributed by atoms with E-state index in [2.05, 4.69) is 14.9 Å². The molecule has 1 aromatic carbocycles. The molecule has 0 bridgehead atoms. The maximum absolute atomic E-state index is 13.2. The van der Waals surface area contributed by atoms with Crippen molar-refractivity contribution in [2.45, 2.75) is 20.4 Å². The third-order valence-electron chi connectivity index (χ3n) is 5.06. The van der Waals surface area contributed by atoms with Crippen molar-refractivity contribution in [2.75, 3.05) is 18.1 Å². The summed E-state index contributed by atoms with van der Waals surface area (Å²) in [4.78, 5) is 17.5. The first-order valence-electron chi connectivity index (χ1n) is 9.74. The average molecular weight is 455 g/mol. The first-order chi connectivity index (χ1) is 15.2. The van der Waals surface area contributed by atoms with Crippen LogP contribution in [-0.4, -0.2) is 36.5 Å². The molecule has 0 saturated carbocycles. The molecule has 0 aliphatic rings. The van der Waals surface area contributed by atoms with Crippen molar-refractivity contribution in [2.24, 2.45) is 0 Å². The largest absolute Gasteiger partial charge is 0.496 e. The monoisotopic (exact) mass is 454 g/mol. The van der Waals surface area contributed by atoms with Gasteiger partial charge in [-0.25, -0.2) is 8.42 Å². The Morgan fingerprint density at radius 1 is 1.19 bits per heavy atom. The molecular formula is C22H22N4O5S. The molecule has 4 rings (SSSR count). The second-order valence-electron chi connectivity index (χ2n) is 7.46. The number of hydrogen-bond donors (Lipinski definition) is 1. The Morgan fingerprint density at radius 3 is 2.56 bits per heavy atom. The molecule has 166 valence electrons. The van der Waals surface area contributed by atoms with Crippen LogP contribution in [0.1, 0.15) is 17.1 Å². The van der Waals surface area contributed by atoms with E-state index in [1.165, 1.54) is 10.6 Å². The maximum Gasteiger partial charge on any atom is 0.275 e. The minimum atomic E-state index is -3.67. The summed E-state index contributed by atoms with van der Waals surface area (Å²) >= 11 is 0. The van der Waals surface area contributed by atoms with E-state index in [1.807, 2.05) is 19.1 Å². The van der Waals surface area contributed by atoms with Gasteiger partial charge >= 0.3 is 0 Å². The molecule has 0 saturated heterocycles. The number of sulfonamides is 1. The van der Waals surface area contributed by atoms with Crippen molar-refractivity contribution in [1.82, 2.24) is 14.7 Å². The van der Waals surface area contributed by atoms with Gasteiger partial charge in [0.15, 0.2) is 0 Å². The summed E-state index contributed by atoms with van der Waals surface area (Å²) in [5.74, 6) is 1.15. The molecule has 32 heavy (non-hydrogen) atoms. The number of aryl methyl sites for hydroxylation is 2. The van der Waals surface area contributed by atoms with E-state index in [-0.39, 0.29) is 12.2 Å². The van der Waals surface area contributed by atoms with Gasteiger partial charge in [-0.15, -0.1) is 0 Å². The van der Waals surface area contributed by atoms with Gasteiger partial charge in [-0.05, 0) is 38.1 Å². The first-order valence-corrected chi connectivity index (χ1v) is 11.6. The van der Waals surface area contributed by atoms with Crippen LogP contribution in [-0.2, 0) is 16.6 Å². The molecule has 0 unspecified atom stereocenters. The number of anilines is 1. The van der Waals surface area contributed by atoms with Gasteiger partial charge in [0.1, 0.15) is 17.2 Å². The van der Waals surface area contributed by atoms with Crippen LogP contribution in [0.4, 0.5) is 5.69 Å². The van der Waals surface area contributed by atoms with Crippen LogP contribution in [0, 0.1) is 13.8 Å². The van der Waals surface area contributed by atoms with Gasteiger partial charge in [0.05, 0.1) is 42.4 Å². The van der Waals surface area contributed by atoms with Crippen LogP contribution in [0.15, 0.2) is 51.9 Å². The van der Waals surface area contributed by atoms with Crippen LogP contribution in [0.2, 0.25) is 0 Å². The molecular weight excluding hydrogens is 432 g/mol. The van der Waals surface area contributed by atoms with E-state index in [0.29, 0.717) is 33.8 Å². The van der Waals surface area contributed by atoms with Crippen molar-refractivity contribution in [3.8, 4) is 16.9 Å². The van der Waals surface area contributed by atoms with E-state index in [9.17, 15) is 13.2 Å². The minimum absolute atomic E-state index is 0.0502. The number of rotatable bonds is 6. The van der Waals surface area contributed by atoms with Gasteiger partial charge in [-0.2, -0.15) is 0 Å². The molecule has 0 amide bonds. The van der Waals surface area contributed by atoms with Gasteiger partial charge < -0.3 is 13.8 Å². The normalized spacial score (nSPS) is 11.6. The lowest BCUT2D eigenvalue weighted by atomic mass is 10.00. The molecule has 10 heteroatoms. The molecule has 0 fully saturated rings. The van der Waals surface area contributed by atoms with Crippen molar-refractivity contribution in [3.05, 3.63) is 70.1 Å². The molecule has 9 nitrogen and oxygen atoms in total. The number of hydrogen-bond acceptors (Lipinski definition) is 7. The smallest absolute Gasteiger partial charge is 0.275 e. The van der Waals surface area contributed by atoms with Gasteiger partial charge in [0.2, 0.25) is 10.0 Å². The molecule has 0 spiro atoms. The summed E-state index contributed by atoms with van der Waals surface area (Å²) in [7, 11) is -2.12. The zero-order valence-corrected chi connectivity index (χ0v) is 18.9. The van der Waals surface area contributed by atoms with Crippen LogP contribution >= 0.6 is 0 Å². The standard InChI is InChI=1S/C22H22N4O5S/c1-13-21(14(2)31-24-13)17-9-15-10-18(25-32(4,28)29)22(27)26(19(15)11-20(17)30-3)12-16-7-5-6-8-23-16/h5-11,25H,12H2,1-4H3. The van der Waals surface area contributed by atoms with Gasteiger partial charge in [0, 0.05) is 23.2 Å². The lowest BCUT2D eigenvalue weighted by Gasteiger charge is -2.16. The second-order valence-corrected chi connectivity index (χ2v) is 9.20. The van der Waals surface area contributed by atoms with E-state index in [1.54, 1.807) is 38.4 Å². The Kier molecular flexibility index (Phi) is 5.47. The van der Waals surface area contributed by atoms with Crippen molar-refractivity contribution in [3.63, 3.8) is 0 Å². The highest BCUT2D eigenvalue weighted by Gasteiger charge is 2.20. The van der Waals surface area contributed by atoms with Crippen LogP contribution in [0.5, 0.6) is 5.75 Å². The lowest BCUT2D eigenvalue weighted by molar-refractivity contribution is 0.393. The van der Waals surface area contributed by atoms with Crippen LogP contribution in [0.25, 0.3) is 22.0 Å². The topological polar surface area (TPSA) is 116 Å². The predicted octanol–water partition coefficient (Wildman–Crippen LogP) is 3.10. The summed E-state index contributed by atoms with van der Waals surface area (Å²) in [5, 5.41) is 4.66. The van der Waals surface area contributed by atoms with Crippen molar-refractivity contribution in [1.29, 1.82) is 0 Å². The minimum Gasteiger partial charge on any atom is -0.496 e. The Morgan fingerprint density at radius 2 is 1.97 bits per heavy atom. The molecule has 3 aromatic heterocycles. The van der Waals surface area contributed by atoms with Gasteiger partial charge in [-0.3, -0.25) is 14.5 Å². The number of benzene rings is 1. The fraction of sp³-hybridized carbons (Fsp3) is 0.227. The molecule has 0 aliphatic carbocycles. The second kappa shape index (κ2) is 8.12. The van der Waals surface area contributed by atoms with Crippen LogP contribution < -0.4 is 15.0 Å². The third kappa shape index (κ3) is 4.09. The highest BCUT2D eigenvalue weighted by molar-refractivity contribution is 7.92. The zero-order valence-electron chi connectivity index (χ0n) is 18.0. The Bertz CT molecular complexity index is 1450. The maximum atomic E-state index is 13.2. The van der Waals surface area contributed by atoms with E-state index in [4.69, 9.17) is 9.26 Å². The van der Waals surface area contributed by atoms with Gasteiger partial charge in [-0.1, -0.05) is 11.2 Å². The SMILES string of the molecule is COc1cc2c(cc1-c1c(C)noc1C)cc(NS(C)(=O)=O)c(=O)n2Cc1ccccn1. The summed E-state index contributed by atoms with van der Waals surface area (Å²) in [6, 6.07) is 10.5. The van der Waals surface area contributed by atoms with E-state index >= 15 is 0 Å². The predicted molar refractivity (Wildman–Crippen MR) is 122 cm³/mol. The number of pyridine rings is 2. The summed E-state index contributed by atoms with van der Waals surface area (Å²) in [5.41, 5.74) is 2.89. The highest BCUT2D eigenvalue weighted by Crippen LogP contribution is 2.37. The number of fused-ring (bicyclic) bond motifs is 1. The Balaban J connectivity index is 2.03. The van der Waals surface area contributed by atoms with Crippen molar-refractivity contribution >= 4 is 26.6 Å². The molecule has 3 heterocycles. The number of ether oxygens (including phenoxy) is 1. The quantitative estimate of drug-likeness (QED) is 0.476. The number of aromatic nitrogens is 3. The van der Waals surface area contributed by atoms with Crippen molar-refractivity contribution < 1.29 is 17.7 Å². The fourth-order valence-corrected chi connectivity index (χ4v) is 4.27. The third-order valence-corrected chi connectivity index (χ3v) is 5.65. The van der Waals surface area contributed by atoms with Gasteiger partial charge in [0.25, 0.3) is 5.56 Å². The number of nitrogens with zero attached hydrogens (tertiary/aromatic N) is 3. The first kappa shape index (κ1) is 21.6. The average Bonchev–Trinajstić information content (AvgIpc) is 3.08. The molecule has 1 N–H and O–H groups in total. The highest BCUT2D eigenvalue weighted by atomic mass is 32.2. The summed E-state index contributed by atoms with van der Waals surface area (Å²) in [6.45, 7) is 3.79. The molecule has 4 aromatic rings. The Hall–Kier alpha value is -3.66. The van der Waals surface area contributed by atoms with E-state index < -0.39 is 15.6 Å². The lowest BCUT2D eigenvalue weighted by Crippen LogP contribution is -2.26. The molecule has 0 radical (unpaired) electrons. The summed E-state index contributed by atoms with van der Waals surface area (Å²) < 4.78 is 38.5.